The molecule has 0 bridgehead atoms. The highest BCUT2D eigenvalue weighted by molar-refractivity contribution is 4.68. The first kappa shape index (κ1) is 20.8. The molecule has 0 aliphatic heterocycles. The lowest BCUT2D eigenvalue weighted by molar-refractivity contribution is -0.980. The molecule has 0 aromatic rings. The molecule has 0 saturated carbocycles. The van der Waals surface area contributed by atoms with Gasteiger partial charge < -0.3 is 20.3 Å². The second-order valence-corrected chi connectivity index (χ2v) is 6.57. The average Bonchev–Trinajstić information content (AvgIpc) is 2.42. The van der Waals surface area contributed by atoms with Gasteiger partial charge in [-0.3, -0.25) is 4.48 Å². The molecule has 0 spiro atoms. The Balaban J connectivity index is 4.97. The van der Waals surface area contributed by atoms with Crippen LogP contribution in [0.15, 0.2) is 0 Å². The van der Waals surface area contributed by atoms with Crippen LogP contribution in [-0.2, 0) is 4.74 Å². The topological polar surface area (TPSA) is 36.5 Å². The summed E-state index contributed by atoms with van der Waals surface area (Å²) in [5.74, 6) is 0. The lowest BCUT2D eigenvalue weighted by Crippen LogP contribution is -2.65. The second-order valence-electron chi connectivity index (χ2n) is 6.57. The lowest BCUT2D eigenvalue weighted by Gasteiger charge is -2.49. The molecule has 21 heavy (non-hydrogen) atoms. The highest BCUT2D eigenvalue weighted by Gasteiger charge is 2.43. The van der Waals surface area contributed by atoms with Crippen molar-refractivity contribution in [3.63, 3.8) is 0 Å². The summed E-state index contributed by atoms with van der Waals surface area (Å²) in [4.78, 5) is 2.25. The molecule has 0 rings (SSSR count). The molecule has 2 N–H and O–H groups in total. The van der Waals surface area contributed by atoms with Gasteiger partial charge in [0.1, 0.15) is 0 Å². The predicted molar refractivity (Wildman–Crippen MR) is 91.6 cm³/mol. The Labute approximate surface area is 132 Å². The highest BCUT2D eigenvalue weighted by Crippen LogP contribution is 2.29. The van der Waals surface area contributed by atoms with Gasteiger partial charge in [0.25, 0.3) is 0 Å². The van der Waals surface area contributed by atoms with Crippen LogP contribution in [0.3, 0.4) is 0 Å². The van der Waals surface area contributed by atoms with E-state index in [1.54, 1.807) is 0 Å². The lowest BCUT2D eigenvalue weighted by atomic mass is 10.0. The Bertz CT molecular complexity index is 253. The van der Waals surface area contributed by atoms with Gasteiger partial charge in [0.15, 0.2) is 5.72 Å². The third kappa shape index (κ3) is 7.06. The zero-order chi connectivity index (χ0) is 16.4. The summed E-state index contributed by atoms with van der Waals surface area (Å²) in [7, 11) is 10.6. The number of nitrogens with one attached hydrogen (secondary N) is 2. The van der Waals surface area contributed by atoms with Crippen molar-refractivity contribution >= 4 is 0 Å². The summed E-state index contributed by atoms with van der Waals surface area (Å²) in [6.45, 7) is 10.5. The average molecular weight is 304 g/mol. The maximum atomic E-state index is 6.27. The molecule has 0 radical (unpaired) electrons. The van der Waals surface area contributed by atoms with E-state index in [1.165, 1.54) is 0 Å². The molecule has 128 valence electrons. The third-order valence-corrected chi connectivity index (χ3v) is 4.55. The SMILES string of the molecule is CCOC(C)(CCCN(C)C)[N+](C)(CCNC)CCNC. The van der Waals surface area contributed by atoms with E-state index in [9.17, 15) is 0 Å². The first-order valence-electron chi connectivity index (χ1n) is 8.27. The van der Waals surface area contributed by atoms with Crippen molar-refractivity contribution in [2.75, 3.05) is 74.6 Å². The van der Waals surface area contributed by atoms with Crippen LogP contribution in [0.5, 0.6) is 0 Å². The van der Waals surface area contributed by atoms with Gasteiger partial charge in [0.2, 0.25) is 0 Å². The summed E-state index contributed by atoms with van der Waals surface area (Å²) in [6, 6.07) is 0. The normalized spacial score (nSPS) is 15.4. The maximum Gasteiger partial charge on any atom is 0.200 e. The van der Waals surface area contributed by atoms with E-state index in [1.807, 2.05) is 14.1 Å². The van der Waals surface area contributed by atoms with E-state index in [0.717, 1.165) is 56.7 Å². The molecule has 5 heteroatoms. The molecule has 0 fully saturated rings. The summed E-state index contributed by atoms with van der Waals surface area (Å²) in [6.07, 6.45) is 2.25. The third-order valence-electron chi connectivity index (χ3n) is 4.55. The molecular weight excluding hydrogens is 264 g/mol. The molecule has 1 unspecified atom stereocenters. The first-order valence-corrected chi connectivity index (χ1v) is 8.27. The van der Waals surface area contributed by atoms with Crippen LogP contribution in [0.4, 0.5) is 0 Å². The van der Waals surface area contributed by atoms with E-state index in [-0.39, 0.29) is 5.72 Å². The van der Waals surface area contributed by atoms with Gasteiger partial charge in [-0.1, -0.05) is 0 Å². The Hall–Kier alpha value is -0.200. The van der Waals surface area contributed by atoms with E-state index >= 15 is 0 Å². The second kappa shape index (κ2) is 10.5. The summed E-state index contributed by atoms with van der Waals surface area (Å²) >= 11 is 0. The van der Waals surface area contributed by atoms with Crippen LogP contribution in [-0.4, -0.2) is 89.7 Å². The molecule has 0 aliphatic carbocycles. The first-order chi connectivity index (χ1) is 9.85. The van der Waals surface area contributed by atoms with E-state index in [0.29, 0.717) is 0 Å². The number of rotatable bonds is 13. The van der Waals surface area contributed by atoms with Gasteiger partial charge in [0, 0.05) is 26.4 Å². The Kier molecular flexibility index (Phi) is 10.4. The van der Waals surface area contributed by atoms with Crippen LogP contribution in [0.2, 0.25) is 0 Å². The summed E-state index contributed by atoms with van der Waals surface area (Å²) < 4.78 is 7.21. The zero-order valence-electron chi connectivity index (χ0n) is 15.5. The fourth-order valence-electron chi connectivity index (χ4n) is 2.83. The van der Waals surface area contributed by atoms with E-state index in [2.05, 4.69) is 50.5 Å². The van der Waals surface area contributed by atoms with Gasteiger partial charge in [-0.2, -0.15) is 0 Å². The van der Waals surface area contributed by atoms with Crippen molar-refractivity contribution in [1.82, 2.24) is 15.5 Å². The highest BCUT2D eigenvalue weighted by atomic mass is 16.5. The van der Waals surface area contributed by atoms with Crippen LogP contribution >= 0.6 is 0 Å². The van der Waals surface area contributed by atoms with Crippen molar-refractivity contribution in [2.24, 2.45) is 0 Å². The standard InChI is InChI=1S/C16H39N4O/c1-8-21-16(2,10-9-13-19(5)6)20(7,14-11-17-3)15-12-18-4/h17-18H,8-15H2,1-7H3/q+1. The number of ether oxygens (including phenoxy) is 1. The molecular formula is C16H39N4O+. The number of likely N-dealkylation sites (N-methyl/N-ethyl adjacent to an activating group) is 3. The number of quaternary nitrogens is 1. The van der Waals surface area contributed by atoms with Crippen LogP contribution in [0.25, 0.3) is 0 Å². The van der Waals surface area contributed by atoms with Crippen LogP contribution in [0.1, 0.15) is 26.7 Å². The van der Waals surface area contributed by atoms with E-state index < -0.39 is 0 Å². The molecule has 0 aliphatic rings. The van der Waals surface area contributed by atoms with Gasteiger partial charge in [0.05, 0.1) is 26.7 Å². The fraction of sp³-hybridized carbons (Fsp3) is 1.00. The van der Waals surface area contributed by atoms with Crippen molar-refractivity contribution in [1.29, 1.82) is 0 Å². The molecule has 1 atom stereocenters. The van der Waals surface area contributed by atoms with Crippen LogP contribution < -0.4 is 10.6 Å². The molecule has 0 saturated heterocycles. The van der Waals surface area contributed by atoms with Gasteiger partial charge in [-0.25, -0.2) is 0 Å². The van der Waals surface area contributed by atoms with Crippen molar-refractivity contribution < 1.29 is 9.22 Å². The monoisotopic (exact) mass is 303 g/mol. The fourth-order valence-corrected chi connectivity index (χ4v) is 2.83. The number of nitrogens with zero attached hydrogens (tertiary/aromatic N) is 2. The van der Waals surface area contributed by atoms with Gasteiger partial charge in [-0.15, -0.1) is 0 Å². The van der Waals surface area contributed by atoms with Gasteiger partial charge >= 0.3 is 0 Å². The number of hydrogen-bond donors (Lipinski definition) is 2. The zero-order valence-corrected chi connectivity index (χ0v) is 15.5. The van der Waals surface area contributed by atoms with Crippen molar-refractivity contribution in [3.8, 4) is 0 Å². The van der Waals surface area contributed by atoms with Crippen molar-refractivity contribution in [3.05, 3.63) is 0 Å². The molecule has 0 aromatic heterocycles. The Morgan fingerprint density at radius 2 is 1.62 bits per heavy atom. The minimum Gasteiger partial charge on any atom is -0.327 e. The van der Waals surface area contributed by atoms with E-state index in [4.69, 9.17) is 4.74 Å². The Morgan fingerprint density at radius 1 is 1.10 bits per heavy atom. The van der Waals surface area contributed by atoms with Gasteiger partial charge in [-0.05, 0) is 48.1 Å². The van der Waals surface area contributed by atoms with Crippen LogP contribution in [0, 0.1) is 0 Å². The summed E-state index contributed by atoms with van der Waals surface area (Å²) in [5, 5.41) is 6.58. The smallest absolute Gasteiger partial charge is 0.200 e. The predicted octanol–water partition coefficient (Wildman–Crippen LogP) is 0.966. The maximum absolute atomic E-state index is 6.27. The summed E-state index contributed by atoms with van der Waals surface area (Å²) in [5.41, 5.74) is -0.127. The minimum absolute atomic E-state index is 0.127. The largest absolute Gasteiger partial charge is 0.327 e. The number of hydrogen-bond acceptors (Lipinski definition) is 4. The molecule has 0 heterocycles. The van der Waals surface area contributed by atoms with Crippen molar-refractivity contribution in [2.45, 2.75) is 32.4 Å². The molecule has 5 nitrogen and oxygen atoms in total. The molecule has 0 aromatic carbocycles. The molecule has 0 amide bonds. The Morgan fingerprint density at radius 3 is 2.00 bits per heavy atom. The minimum atomic E-state index is -0.127. The quantitative estimate of drug-likeness (QED) is 0.393.